The molecule has 0 radical (unpaired) electrons. The summed E-state index contributed by atoms with van der Waals surface area (Å²) in [6.07, 6.45) is -0.575. The Kier molecular flexibility index (Phi) is 4.77. The molecular formula is C16H13N5O4S2. The number of amides is 1. The monoisotopic (exact) mass is 403 g/mol. The van der Waals surface area contributed by atoms with E-state index in [1.165, 1.54) is 23.1 Å². The Hall–Kier alpha value is -2.92. The number of carbonyl (C=O) groups is 1. The number of nitrogens with zero attached hydrogens (tertiary/aromatic N) is 3. The summed E-state index contributed by atoms with van der Waals surface area (Å²) in [6, 6.07) is 7.37. The van der Waals surface area contributed by atoms with Crippen LogP contribution in [0.25, 0.3) is 22.1 Å². The number of anilines is 1. The Morgan fingerprint density at radius 2 is 2.22 bits per heavy atom. The first-order valence-corrected chi connectivity index (χ1v) is 9.74. The first-order chi connectivity index (χ1) is 13.1. The Morgan fingerprint density at radius 3 is 3.07 bits per heavy atom. The average Bonchev–Trinajstić information content (AvgIpc) is 3.25. The quantitative estimate of drug-likeness (QED) is 0.384. The summed E-state index contributed by atoms with van der Waals surface area (Å²) in [4.78, 5) is 30.9. The Balaban J connectivity index is 1.52. The minimum absolute atomic E-state index is 0.210. The first-order valence-electron chi connectivity index (χ1n) is 7.94. The number of aromatic nitrogens is 4. The number of rotatable bonds is 5. The van der Waals surface area contributed by atoms with Crippen molar-refractivity contribution in [1.29, 1.82) is 0 Å². The lowest BCUT2D eigenvalue weighted by atomic mass is 10.2. The fourth-order valence-corrected chi connectivity index (χ4v) is 4.03. The molecule has 0 saturated carbocycles. The molecule has 0 aliphatic rings. The van der Waals surface area contributed by atoms with Crippen LogP contribution in [-0.4, -0.2) is 32.9 Å². The lowest BCUT2D eigenvalue weighted by Gasteiger charge is -1.99. The Bertz CT molecular complexity index is 1180. The van der Waals surface area contributed by atoms with Crippen molar-refractivity contribution in [3.05, 3.63) is 40.4 Å². The molecule has 0 spiro atoms. The molecule has 1 amide bonds. The number of para-hydroxylation sites is 1. The molecule has 3 heterocycles. The van der Waals surface area contributed by atoms with Crippen LogP contribution in [0.15, 0.2) is 37.8 Å². The molecule has 0 bridgehead atoms. The number of benzene rings is 1. The van der Waals surface area contributed by atoms with Gasteiger partial charge in [-0.25, -0.2) is 9.78 Å². The van der Waals surface area contributed by atoms with Crippen LogP contribution in [0.3, 0.4) is 0 Å². The molecule has 0 unspecified atom stereocenters. The summed E-state index contributed by atoms with van der Waals surface area (Å²) < 4.78 is 11.0. The van der Waals surface area contributed by atoms with E-state index in [9.17, 15) is 9.59 Å². The zero-order chi connectivity index (χ0) is 18.8. The fourth-order valence-electron chi connectivity index (χ4n) is 2.42. The maximum Gasteiger partial charge on any atom is 0.413 e. The molecule has 0 aliphatic carbocycles. The lowest BCUT2D eigenvalue weighted by Crippen LogP contribution is -2.12. The molecule has 4 aromatic rings. The highest BCUT2D eigenvalue weighted by atomic mass is 32.2. The van der Waals surface area contributed by atoms with Crippen LogP contribution in [0.5, 0.6) is 0 Å². The van der Waals surface area contributed by atoms with Gasteiger partial charge in [-0.15, -0.1) is 10.2 Å². The van der Waals surface area contributed by atoms with Crippen LogP contribution in [0.1, 0.15) is 12.7 Å². The van der Waals surface area contributed by atoms with Crippen molar-refractivity contribution in [2.24, 2.45) is 0 Å². The molecule has 27 heavy (non-hydrogen) atoms. The fraction of sp³-hybridized carbons (Fsp3) is 0.188. The van der Waals surface area contributed by atoms with Gasteiger partial charge in [-0.3, -0.25) is 10.1 Å². The predicted molar refractivity (Wildman–Crippen MR) is 102 cm³/mol. The molecular weight excluding hydrogens is 390 g/mol. The number of nitrogens with one attached hydrogen (secondary N) is 2. The largest absolute Gasteiger partial charge is 0.450 e. The number of aromatic amines is 1. The van der Waals surface area contributed by atoms with Gasteiger partial charge in [0.25, 0.3) is 5.56 Å². The topological polar surface area (TPSA) is 123 Å². The first kappa shape index (κ1) is 17.5. The molecule has 2 N–H and O–H groups in total. The molecule has 0 aliphatic heterocycles. The second-order valence-corrected chi connectivity index (χ2v) is 7.50. The minimum Gasteiger partial charge on any atom is -0.450 e. The van der Waals surface area contributed by atoms with E-state index >= 15 is 0 Å². The highest BCUT2D eigenvalue weighted by Crippen LogP contribution is 2.29. The average molecular weight is 403 g/mol. The van der Waals surface area contributed by atoms with E-state index in [1.807, 2.05) is 18.2 Å². The molecule has 11 heteroatoms. The second kappa shape index (κ2) is 7.37. The number of H-pyrrole nitrogens is 1. The lowest BCUT2D eigenvalue weighted by molar-refractivity contribution is 0.168. The standard InChI is InChI=1S/C16H13N5O4S2/c1-2-24-15(23)19-14-20-21-16(27-14)26-7-10-17-11-8-5-3-4-6-9(8)25-12(11)13(22)18-10/h3-6H,2,7H2,1H3,(H,17,18,22)(H,19,20,23). The molecule has 0 fully saturated rings. The zero-order valence-corrected chi connectivity index (χ0v) is 15.6. The number of fused-ring (bicyclic) bond motifs is 3. The highest BCUT2D eigenvalue weighted by Gasteiger charge is 2.14. The highest BCUT2D eigenvalue weighted by molar-refractivity contribution is 8.00. The SMILES string of the molecule is CCOC(=O)Nc1nnc(SCc2nc3c(oc4ccccc43)c(=O)[nH]2)s1. The van der Waals surface area contributed by atoms with Crippen molar-refractivity contribution >= 4 is 56.4 Å². The summed E-state index contributed by atoms with van der Waals surface area (Å²) in [6.45, 7) is 1.99. The maximum absolute atomic E-state index is 12.3. The normalized spacial score (nSPS) is 11.1. The molecule has 138 valence electrons. The second-order valence-electron chi connectivity index (χ2n) is 5.30. The Labute approximate surface area is 160 Å². The third-order valence-electron chi connectivity index (χ3n) is 3.50. The van der Waals surface area contributed by atoms with Gasteiger partial charge in [-0.05, 0) is 19.1 Å². The molecule has 4 rings (SSSR count). The van der Waals surface area contributed by atoms with E-state index < -0.39 is 6.09 Å². The van der Waals surface area contributed by atoms with Gasteiger partial charge in [0.15, 0.2) is 4.34 Å². The van der Waals surface area contributed by atoms with E-state index in [0.29, 0.717) is 32.1 Å². The van der Waals surface area contributed by atoms with Crippen LogP contribution in [0.4, 0.5) is 9.93 Å². The summed E-state index contributed by atoms with van der Waals surface area (Å²) in [5, 5.41) is 11.5. The van der Waals surface area contributed by atoms with Crippen molar-refractivity contribution in [3.8, 4) is 0 Å². The number of furan rings is 1. The molecule has 0 saturated heterocycles. The summed E-state index contributed by atoms with van der Waals surface area (Å²) >= 11 is 2.56. The van der Waals surface area contributed by atoms with E-state index in [4.69, 9.17) is 9.15 Å². The summed E-state index contributed by atoms with van der Waals surface area (Å²) in [5.41, 5.74) is 1.04. The number of hydrogen-bond acceptors (Lipinski definition) is 9. The maximum atomic E-state index is 12.3. The van der Waals surface area contributed by atoms with Gasteiger partial charge >= 0.3 is 6.09 Å². The van der Waals surface area contributed by atoms with Gasteiger partial charge in [-0.1, -0.05) is 35.2 Å². The van der Waals surface area contributed by atoms with Gasteiger partial charge in [0, 0.05) is 5.39 Å². The van der Waals surface area contributed by atoms with E-state index in [0.717, 1.165) is 5.39 Å². The Morgan fingerprint density at radius 1 is 1.37 bits per heavy atom. The van der Waals surface area contributed by atoms with Gasteiger partial charge < -0.3 is 14.1 Å². The van der Waals surface area contributed by atoms with Gasteiger partial charge in [-0.2, -0.15) is 0 Å². The van der Waals surface area contributed by atoms with Crippen LogP contribution >= 0.6 is 23.1 Å². The smallest absolute Gasteiger partial charge is 0.413 e. The molecule has 9 nitrogen and oxygen atoms in total. The predicted octanol–water partition coefficient (Wildman–Crippen LogP) is 3.38. The van der Waals surface area contributed by atoms with E-state index in [2.05, 4.69) is 25.5 Å². The van der Waals surface area contributed by atoms with Crippen molar-refractivity contribution in [2.75, 3.05) is 11.9 Å². The number of hydrogen-bond donors (Lipinski definition) is 2. The van der Waals surface area contributed by atoms with Crippen molar-refractivity contribution in [3.63, 3.8) is 0 Å². The molecule has 3 aromatic heterocycles. The van der Waals surface area contributed by atoms with Crippen molar-refractivity contribution in [1.82, 2.24) is 20.2 Å². The van der Waals surface area contributed by atoms with E-state index in [1.54, 1.807) is 13.0 Å². The zero-order valence-electron chi connectivity index (χ0n) is 14.0. The van der Waals surface area contributed by atoms with Gasteiger partial charge in [0.1, 0.15) is 16.9 Å². The number of thioether (sulfide) groups is 1. The third-order valence-corrected chi connectivity index (χ3v) is 5.49. The van der Waals surface area contributed by atoms with Crippen molar-refractivity contribution < 1.29 is 13.9 Å². The van der Waals surface area contributed by atoms with Crippen molar-refractivity contribution in [2.45, 2.75) is 17.0 Å². The number of ether oxygens (including phenoxy) is 1. The minimum atomic E-state index is -0.575. The summed E-state index contributed by atoms with van der Waals surface area (Å²) in [5.74, 6) is 0.887. The number of carbonyl (C=O) groups excluding carboxylic acids is 1. The van der Waals surface area contributed by atoms with E-state index in [-0.39, 0.29) is 17.7 Å². The molecule has 0 atom stereocenters. The van der Waals surface area contributed by atoms with Gasteiger partial charge in [0.05, 0.1) is 12.4 Å². The van der Waals surface area contributed by atoms with Gasteiger partial charge in [0.2, 0.25) is 10.7 Å². The van der Waals surface area contributed by atoms with Crippen LogP contribution in [0, 0.1) is 0 Å². The summed E-state index contributed by atoms with van der Waals surface area (Å²) in [7, 11) is 0. The van der Waals surface area contributed by atoms with Crippen LogP contribution in [0.2, 0.25) is 0 Å². The van der Waals surface area contributed by atoms with Crippen LogP contribution < -0.4 is 10.9 Å². The third kappa shape index (κ3) is 3.64. The van der Waals surface area contributed by atoms with Crippen LogP contribution in [-0.2, 0) is 10.5 Å². The molecule has 1 aromatic carbocycles.